The lowest BCUT2D eigenvalue weighted by Gasteiger charge is -2.30. The molecule has 1 aliphatic heterocycles. The van der Waals surface area contributed by atoms with Crippen molar-refractivity contribution in [1.29, 1.82) is 0 Å². The number of para-hydroxylation sites is 1. The summed E-state index contributed by atoms with van der Waals surface area (Å²) in [6.45, 7) is 4.49. The van der Waals surface area contributed by atoms with Crippen LogP contribution in [0.3, 0.4) is 0 Å². The van der Waals surface area contributed by atoms with E-state index >= 15 is 0 Å². The maximum absolute atomic E-state index is 12.7. The molecule has 1 unspecified atom stereocenters. The van der Waals surface area contributed by atoms with Crippen molar-refractivity contribution in [2.24, 2.45) is 0 Å². The first-order chi connectivity index (χ1) is 14.5. The van der Waals surface area contributed by atoms with E-state index in [-0.39, 0.29) is 6.03 Å². The van der Waals surface area contributed by atoms with Crippen molar-refractivity contribution in [2.45, 2.75) is 45.8 Å². The molecule has 2 amide bonds. The summed E-state index contributed by atoms with van der Waals surface area (Å²) >= 11 is 0. The van der Waals surface area contributed by atoms with Crippen LogP contribution in [-0.4, -0.2) is 19.1 Å². The van der Waals surface area contributed by atoms with E-state index in [1.165, 1.54) is 7.11 Å². The van der Waals surface area contributed by atoms with Crippen molar-refractivity contribution in [1.82, 2.24) is 10.6 Å². The predicted octanol–water partition coefficient (Wildman–Crippen LogP) is 4.55. The third-order valence-corrected chi connectivity index (χ3v) is 5.21. The molecule has 0 bridgehead atoms. The van der Waals surface area contributed by atoms with Crippen molar-refractivity contribution in [2.75, 3.05) is 7.11 Å². The van der Waals surface area contributed by atoms with Gasteiger partial charge in [-0.2, -0.15) is 0 Å². The zero-order valence-electron chi connectivity index (χ0n) is 17.7. The van der Waals surface area contributed by atoms with Gasteiger partial charge in [-0.15, -0.1) is 0 Å². The molecule has 0 aliphatic carbocycles. The van der Waals surface area contributed by atoms with Crippen molar-refractivity contribution in [3.8, 4) is 5.75 Å². The van der Waals surface area contributed by atoms with Crippen molar-refractivity contribution < 1.29 is 19.1 Å². The Morgan fingerprint density at radius 3 is 2.57 bits per heavy atom. The highest BCUT2D eigenvalue weighted by molar-refractivity contribution is 5.95. The van der Waals surface area contributed by atoms with Crippen LogP contribution in [-0.2, 0) is 16.1 Å². The molecule has 2 aromatic rings. The number of amides is 2. The number of unbranched alkanes of at least 4 members (excludes halogenated alkanes) is 1. The normalized spacial score (nSPS) is 16.0. The highest BCUT2D eigenvalue weighted by atomic mass is 16.5. The minimum Gasteiger partial charge on any atom is -0.489 e. The molecule has 1 aliphatic rings. The minimum absolute atomic E-state index is 0.340. The summed E-state index contributed by atoms with van der Waals surface area (Å²) in [5, 5.41) is 5.65. The van der Waals surface area contributed by atoms with Gasteiger partial charge in [0.15, 0.2) is 0 Å². The molecule has 1 heterocycles. The first-order valence-electron chi connectivity index (χ1n) is 10.2. The quantitative estimate of drug-likeness (QED) is 0.629. The summed E-state index contributed by atoms with van der Waals surface area (Å²) in [5.41, 5.74) is 3.95. The Bertz CT molecular complexity index is 952. The summed E-state index contributed by atoms with van der Waals surface area (Å²) in [7, 11) is 1.35. The van der Waals surface area contributed by atoms with Crippen molar-refractivity contribution in [3.05, 3.63) is 76.5 Å². The van der Waals surface area contributed by atoms with E-state index < -0.39 is 12.0 Å². The molecule has 0 fully saturated rings. The standard InChI is InChI=1S/C24H28N2O4/c1-4-5-13-19-21(23(27)29-3)22(26-24(28)25-19)18-12-8-9-14-20(18)30-15-17-11-7-6-10-16(17)2/h6-12,14,22H,4-5,13,15H2,1-3H3,(H2,25,26,28). The fraction of sp³-hybridized carbons (Fsp3) is 0.333. The Morgan fingerprint density at radius 1 is 1.10 bits per heavy atom. The number of rotatable bonds is 8. The van der Waals surface area contributed by atoms with Gasteiger partial charge in [0.2, 0.25) is 0 Å². The number of esters is 1. The first-order valence-corrected chi connectivity index (χ1v) is 10.2. The smallest absolute Gasteiger partial charge is 0.337 e. The van der Waals surface area contributed by atoms with Gasteiger partial charge in [-0.05, 0) is 37.0 Å². The number of hydrogen-bond donors (Lipinski definition) is 2. The van der Waals surface area contributed by atoms with Crippen LogP contribution in [0, 0.1) is 6.92 Å². The molecule has 2 N–H and O–H groups in total. The topological polar surface area (TPSA) is 76.7 Å². The van der Waals surface area contributed by atoms with Gasteiger partial charge in [-0.3, -0.25) is 0 Å². The Hall–Kier alpha value is -3.28. The lowest BCUT2D eigenvalue weighted by molar-refractivity contribution is -0.136. The number of hydrogen-bond acceptors (Lipinski definition) is 4. The Kier molecular flexibility index (Phi) is 7.12. The maximum Gasteiger partial charge on any atom is 0.337 e. The molecular weight excluding hydrogens is 380 g/mol. The van der Waals surface area contributed by atoms with Gasteiger partial charge in [0.25, 0.3) is 0 Å². The predicted molar refractivity (Wildman–Crippen MR) is 115 cm³/mol. The largest absolute Gasteiger partial charge is 0.489 e. The Morgan fingerprint density at radius 2 is 1.83 bits per heavy atom. The van der Waals surface area contributed by atoms with Gasteiger partial charge in [-0.25, -0.2) is 9.59 Å². The van der Waals surface area contributed by atoms with Gasteiger partial charge in [0, 0.05) is 11.3 Å². The number of ether oxygens (including phenoxy) is 2. The minimum atomic E-state index is -0.647. The van der Waals surface area contributed by atoms with E-state index in [1.807, 2.05) is 55.5 Å². The van der Waals surface area contributed by atoms with E-state index in [0.29, 0.717) is 30.0 Å². The lowest BCUT2D eigenvalue weighted by Crippen LogP contribution is -2.46. The highest BCUT2D eigenvalue weighted by Crippen LogP contribution is 2.35. The molecule has 3 rings (SSSR count). The highest BCUT2D eigenvalue weighted by Gasteiger charge is 2.34. The second-order valence-corrected chi connectivity index (χ2v) is 7.27. The SMILES string of the molecule is CCCCC1=C(C(=O)OC)C(c2ccccc2OCc2ccccc2C)NC(=O)N1. The molecule has 2 aromatic carbocycles. The molecule has 6 nitrogen and oxygen atoms in total. The van der Waals surface area contributed by atoms with Crippen LogP contribution in [0.25, 0.3) is 0 Å². The number of urea groups is 1. The number of benzene rings is 2. The van der Waals surface area contributed by atoms with Crippen molar-refractivity contribution >= 4 is 12.0 Å². The number of carbonyl (C=O) groups excluding carboxylic acids is 2. The number of aryl methyl sites for hydroxylation is 1. The van der Waals surface area contributed by atoms with Gasteiger partial charge in [0.05, 0.1) is 18.7 Å². The second-order valence-electron chi connectivity index (χ2n) is 7.27. The van der Waals surface area contributed by atoms with E-state index in [0.717, 1.165) is 29.5 Å². The number of nitrogens with one attached hydrogen (secondary N) is 2. The van der Waals surface area contributed by atoms with Crippen LogP contribution < -0.4 is 15.4 Å². The van der Waals surface area contributed by atoms with Crippen molar-refractivity contribution in [3.63, 3.8) is 0 Å². The van der Waals surface area contributed by atoms with Crippen LogP contribution in [0.5, 0.6) is 5.75 Å². The lowest BCUT2D eigenvalue weighted by atomic mass is 9.93. The van der Waals surface area contributed by atoms with E-state index in [1.54, 1.807) is 0 Å². The van der Waals surface area contributed by atoms with Gasteiger partial charge in [0.1, 0.15) is 12.4 Å². The zero-order valence-corrected chi connectivity index (χ0v) is 17.7. The Balaban J connectivity index is 1.97. The number of carbonyl (C=O) groups is 2. The molecule has 0 radical (unpaired) electrons. The molecule has 6 heteroatoms. The zero-order chi connectivity index (χ0) is 21.5. The van der Waals surface area contributed by atoms with E-state index in [2.05, 4.69) is 17.6 Å². The van der Waals surface area contributed by atoms with Crippen LogP contribution in [0.2, 0.25) is 0 Å². The average Bonchev–Trinajstić information content (AvgIpc) is 2.76. The number of allylic oxidation sites excluding steroid dienone is 1. The third kappa shape index (κ3) is 4.82. The van der Waals surface area contributed by atoms with Gasteiger partial charge in [-0.1, -0.05) is 55.8 Å². The fourth-order valence-corrected chi connectivity index (χ4v) is 3.53. The summed E-state index contributed by atoms with van der Waals surface area (Å²) in [4.78, 5) is 25.0. The fourth-order valence-electron chi connectivity index (χ4n) is 3.53. The van der Waals surface area contributed by atoms with Gasteiger partial charge >= 0.3 is 12.0 Å². The molecule has 158 valence electrons. The molecular formula is C24H28N2O4. The molecule has 0 saturated heterocycles. The summed E-state index contributed by atoms with van der Waals surface area (Å²) in [6, 6.07) is 14.5. The monoisotopic (exact) mass is 408 g/mol. The third-order valence-electron chi connectivity index (χ3n) is 5.21. The maximum atomic E-state index is 12.7. The summed E-state index contributed by atoms with van der Waals surface area (Å²) < 4.78 is 11.2. The molecule has 0 spiro atoms. The number of methoxy groups -OCH3 is 1. The first kappa shape index (κ1) is 21.4. The Labute approximate surface area is 177 Å². The van der Waals surface area contributed by atoms with Crippen LogP contribution in [0.1, 0.15) is 48.9 Å². The van der Waals surface area contributed by atoms with Crippen LogP contribution in [0.4, 0.5) is 4.79 Å². The van der Waals surface area contributed by atoms with Crippen LogP contribution in [0.15, 0.2) is 59.8 Å². The van der Waals surface area contributed by atoms with E-state index in [9.17, 15) is 9.59 Å². The molecule has 0 saturated carbocycles. The second kappa shape index (κ2) is 9.96. The molecule has 30 heavy (non-hydrogen) atoms. The summed E-state index contributed by atoms with van der Waals surface area (Å²) in [6.07, 6.45) is 2.40. The van der Waals surface area contributed by atoms with Gasteiger partial charge < -0.3 is 20.1 Å². The summed E-state index contributed by atoms with van der Waals surface area (Å²) in [5.74, 6) is 0.150. The van der Waals surface area contributed by atoms with Crippen LogP contribution >= 0.6 is 0 Å². The molecule has 1 atom stereocenters. The van der Waals surface area contributed by atoms with E-state index in [4.69, 9.17) is 9.47 Å². The molecule has 0 aromatic heterocycles. The average molecular weight is 408 g/mol.